The van der Waals surface area contributed by atoms with Crippen molar-refractivity contribution in [3.8, 4) is 5.75 Å². The van der Waals surface area contributed by atoms with Crippen LogP contribution in [0.2, 0.25) is 0 Å². The minimum Gasteiger partial charge on any atom is -0.496 e. The summed E-state index contributed by atoms with van der Waals surface area (Å²) in [5, 5.41) is 0. The first-order valence-corrected chi connectivity index (χ1v) is 10.9. The lowest BCUT2D eigenvalue weighted by molar-refractivity contribution is 0.0693. The fraction of sp³-hybridized carbons (Fsp3) is 0.381. The van der Waals surface area contributed by atoms with E-state index in [0.717, 1.165) is 18.4 Å². The van der Waals surface area contributed by atoms with Crippen molar-refractivity contribution in [3.05, 3.63) is 53.6 Å². The molecule has 28 heavy (non-hydrogen) atoms. The van der Waals surface area contributed by atoms with Gasteiger partial charge in [-0.2, -0.15) is 0 Å². The minimum atomic E-state index is -3.83. The zero-order valence-electron chi connectivity index (χ0n) is 16.4. The molecule has 0 saturated carbocycles. The highest BCUT2D eigenvalue weighted by Crippen LogP contribution is 2.27. The van der Waals surface area contributed by atoms with E-state index in [1.807, 2.05) is 13.0 Å². The number of methoxy groups -OCH3 is 1. The Morgan fingerprint density at radius 2 is 1.86 bits per heavy atom. The number of piperidine rings is 1. The molecular formula is C21H26N2O4S. The van der Waals surface area contributed by atoms with Gasteiger partial charge in [0.2, 0.25) is 0 Å². The molecule has 1 amide bonds. The fourth-order valence-corrected chi connectivity index (χ4v) is 4.40. The maximum atomic E-state index is 13.0. The molecule has 6 nitrogen and oxygen atoms in total. The number of amides is 1. The number of rotatable bonds is 5. The van der Waals surface area contributed by atoms with E-state index in [9.17, 15) is 13.2 Å². The van der Waals surface area contributed by atoms with Gasteiger partial charge in [-0.3, -0.25) is 9.52 Å². The van der Waals surface area contributed by atoms with Gasteiger partial charge in [0.05, 0.1) is 17.6 Å². The Kier molecular flexibility index (Phi) is 5.93. The highest BCUT2D eigenvalue weighted by atomic mass is 32.2. The number of carbonyl (C=O) groups is 1. The Morgan fingerprint density at radius 1 is 1.14 bits per heavy atom. The molecule has 1 heterocycles. The van der Waals surface area contributed by atoms with Crippen molar-refractivity contribution in [1.29, 1.82) is 0 Å². The third-order valence-corrected chi connectivity index (χ3v) is 6.43. The van der Waals surface area contributed by atoms with Crippen molar-refractivity contribution in [2.75, 3.05) is 24.9 Å². The van der Waals surface area contributed by atoms with Crippen molar-refractivity contribution < 1.29 is 17.9 Å². The van der Waals surface area contributed by atoms with E-state index in [1.54, 1.807) is 23.1 Å². The quantitative estimate of drug-likeness (QED) is 0.828. The molecule has 0 atom stereocenters. The van der Waals surface area contributed by atoms with Gasteiger partial charge in [0, 0.05) is 18.8 Å². The van der Waals surface area contributed by atoms with Crippen LogP contribution >= 0.6 is 0 Å². The Hall–Kier alpha value is -2.54. The second-order valence-corrected chi connectivity index (χ2v) is 8.99. The monoisotopic (exact) mass is 402 g/mol. The second kappa shape index (κ2) is 8.22. The lowest BCUT2D eigenvalue weighted by atomic mass is 9.98. The van der Waals surface area contributed by atoms with Gasteiger partial charge in [-0.1, -0.05) is 19.1 Å². The molecule has 2 aromatic carbocycles. The number of ether oxygens (including phenoxy) is 1. The Morgan fingerprint density at radius 3 is 2.50 bits per heavy atom. The summed E-state index contributed by atoms with van der Waals surface area (Å²) in [6.45, 7) is 5.40. The van der Waals surface area contributed by atoms with Crippen LogP contribution in [0.5, 0.6) is 5.75 Å². The molecule has 150 valence electrons. The van der Waals surface area contributed by atoms with Gasteiger partial charge in [-0.15, -0.1) is 0 Å². The van der Waals surface area contributed by atoms with Crippen molar-refractivity contribution in [2.45, 2.75) is 31.6 Å². The van der Waals surface area contributed by atoms with E-state index in [2.05, 4.69) is 11.6 Å². The summed E-state index contributed by atoms with van der Waals surface area (Å²) in [4.78, 5) is 14.8. The first-order valence-electron chi connectivity index (χ1n) is 9.37. The first kappa shape index (κ1) is 20.2. The van der Waals surface area contributed by atoms with Crippen LogP contribution in [0.3, 0.4) is 0 Å². The van der Waals surface area contributed by atoms with Crippen LogP contribution in [-0.4, -0.2) is 39.4 Å². The maximum absolute atomic E-state index is 13.0. The average Bonchev–Trinajstić information content (AvgIpc) is 2.67. The summed E-state index contributed by atoms with van der Waals surface area (Å²) < 4.78 is 33.5. The molecule has 0 bridgehead atoms. The SMILES string of the molecule is COc1ccc(S(=O)(=O)Nc2cccc(C)c2)cc1C(=O)N1CCC(C)CC1. The molecule has 1 N–H and O–H groups in total. The molecule has 0 aromatic heterocycles. The predicted molar refractivity (Wildman–Crippen MR) is 109 cm³/mol. The molecule has 0 radical (unpaired) electrons. The molecule has 7 heteroatoms. The Labute approximate surface area is 166 Å². The number of hydrogen-bond acceptors (Lipinski definition) is 4. The Bertz CT molecular complexity index is 964. The highest BCUT2D eigenvalue weighted by Gasteiger charge is 2.26. The van der Waals surface area contributed by atoms with Gasteiger partial charge < -0.3 is 9.64 Å². The van der Waals surface area contributed by atoms with Crippen LogP contribution in [-0.2, 0) is 10.0 Å². The first-order chi connectivity index (χ1) is 13.3. The van der Waals surface area contributed by atoms with Gasteiger partial charge in [0.25, 0.3) is 15.9 Å². The molecule has 1 fully saturated rings. The van der Waals surface area contributed by atoms with E-state index < -0.39 is 10.0 Å². The number of anilines is 1. The number of sulfonamides is 1. The van der Waals surface area contributed by atoms with Crippen molar-refractivity contribution in [1.82, 2.24) is 4.90 Å². The standard InChI is InChI=1S/C21H26N2O4S/c1-15-9-11-23(12-10-15)21(24)19-14-18(7-8-20(19)27-3)28(25,26)22-17-6-4-5-16(2)13-17/h4-8,13-15,22H,9-12H2,1-3H3. The zero-order valence-corrected chi connectivity index (χ0v) is 17.3. The lowest BCUT2D eigenvalue weighted by Crippen LogP contribution is -2.38. The van der Waals surface area contributed by atoms with Crippen LogP contribution in [0.4, 0.5) is 5.69 Å². The molecule has 0 aliphatic carbocycles. The van der Waals surface area contributed by atoms with Crippen LogP contribution in [0.1, 0.15) is 35.7 Å². The van der Waals surface area contributed by atoms with Crippen LogP contribution in [0, 0.1) is 12.8 Å². The second-order valence-electron chi connectivity index (χ2n) is 7.31. The third-order valence-electron chi connectivity index (χ3n) is 5.05. The minimum absolute atomic E-state index is 0.0310. The highest BCUT2D eigenvalue weighted by molar-refractivity contribution is 7.92. The summed E-state index contributed by atoms with van der Waals surface area (Å²) in [6.07, 6.45) is 1.89. The van der Waals surface area contributed by atoms with E-state index in [4.69, 9.17) is 4.74 Å². The van der Waals surface area contributed by atoms with Crippen LogP contribution in [0.25, 0.3) is 0 Å². The molecule has 1 aliphatic rings. The molecule has 2 aromatic rings. The van der Waals surface area contributed by atoms with E-state index in [1.165, 1.54) is 25.3 Å². The van der Waals surface area contributed by atoms with Crippen LogP contribution < -0.4 is 9.46 Å². The smallest absolute Gasteiger partial charge is 0.261 e. The summed E-state index contributed by atoms with van der Waals surface area (Å²) in [6, 6.07) is 11.5. The normalized spacial score (nSPS) is 15.3. The Balaban J connectivity index is 1.90. The maximum Gasteiger partial charge on any atom is 0.261 e. The molecule has 1 saturated heterocycles. The van der Waals surface area contributed by atoms with Crippen molar-refractivity contribution >= 4 is 21.6 Å². The number of likely N-dealkylation sites (tertiary alicyclic amines) is 1. The fourth-order valence-electron chi connectivity index (χ4n) is 3.33. The predicted octanol–water partition coefficient (Wildman–Crippen LogP) is 3.68. The van der Waals surface area contributed by atoms with E-state index >= 15 is 0 Å². The lowest BCUT2D eigenvalue weighted by Gasteiger charge is -2.30. The molecule has 3 rings (SSSR count). The van der Waals surface area contributed by atoms with Gasteiger partial charge >= 0.3 is 0 Å². The summed E-state index contributed by atoms with van der Waals surface area (Å²) in [5.41, 5.74) is 1.70. The van der Waals surface area contributed by atoms with Crippen molar-refractivity contribution in [2.24, 2.45) is 5.92 Å². The van der Waals surface area contributed by atoms with E-state index in [0.29, 0.717) is 30.4 Å². The number of aryl methyl sites for hydroxylation is 1. The number of carbonyl (C=O) groups excluding carboxylic acids is 1. The summed E-state index contributed by atoms with van der Waals surface area (Å²) >= 11 is 0. The number of benzene rings is 2. The van der Waals surface area contributed by atoms with Gasteiger partial charge in [-0.05, 0) is 61.6 Å². The molecule has 0 spiro atoms. The van der Waals surface area contributed by atoms with E-state index in [-0.39, 0.29) is 16.4 Å². The number of nitrogens with one attached hydrogen (secondary N) is 1. The van der Waals surface area contributed by atoms with Gasteiger partial charge in [-0.25, -0.2) is 8.42 Å². The van der Waals surface area contributed by atoms with Gasteiger partial charge in [0.15, 0.2) is 0 Å². The zero-order chi connectivity index (χ0) is 20.3. The molecule has 0 unspecified atom stereocenters. The summed E-state index contributed by atoms with van der Waals surface area (Å²) in [7, 11) is -2.35. The molecular weight excluding hydrogens is 376 g/mol. The number of nitrogens with zero attached hydrogens (tertiary/aromatic N) is 1. The third kappa shape index (κ3) is 4.47. The number of hydrogen-bond donors (Lipinski definition) is 1. The van der Waals surface area contributed by atoms with Crippen molar-refractivity contribution in [3.63, 3.8) is 0 Å². The molecule has 1 aliphatic heterocycles. The average molecular weight is 403 g/mol. The summed E-state index contributed by atoms with van der Waals surface area (Å²) in [5.74, 6) is 0.769. The topological polar surface area (TPSA) is 75.7 Å². The van der Waals surface area contributed by atoms with Crippen LogP contribution in [0.15, 0.2) is 47.4 Å². The van der Waals surface area contributed by atoms with Gasteiger partial charge in [0.1, 0.15) is 5.75 Å². The largest absolute Gasteiger partial charge is 0.496 e.